The summed E-state index contributed by atoms with van der Waals surface area (Å²) in [4.78, 5) is 10.8. The number of aromatic nitrogens is 2. The molecule has 1 heterocycles. The van der Waals surface area contributed by atoms with Crippen LogP contribution in [0.5, 0.6) is 0 Å². The summed E-state index contributed by atoms with van der Waals surface area (Å²) in [5.74, 6) is -0.904. The zero-order chi connectivity index (χ0) is 13.1. The number of sulfonamides is 1. The highest BCUT2D eigenvalue weighted by atomic mass is 32.2. The van der Waals surface area contributed by atoms with Crippen molar-refractivity contribution >= 4 is 16.0 Å². The molecule has 0 radical (unpaired) electrons. The highest BCUT2D eigenvalue weighted by molar-refractivity contribution is 7.89. The second kappa shape index (κ2) is 5.25. The first-order chi connectivity index (χ1) is 7.86. The van der Waals surface area contributed by atoms with Crippen LogP contribution in [0.3, 0.4) is 0 Å². The van der Waals surface area contributed by atoms with Crippen molar-refractivity contribution in [2.24, 2.45) is 7.05 Å². The summed E-state index contributed by atoms with van der Waals surface area (Å²) >= 11 is 0. The van der Waals surface area contributed by atoms with Crippen LogP contribution in [0.2, 0.25) is 0 Å². The van der Waals surface area contributed by atoms with Crippen molar-refractivity contribution in [3.63, 3.8) is 0 Å². The molecule has 17 heavy (non-hydrogen) atoms. The monoisotopic (exact) mass is 263 g/mol. The van der Waals surface area contributed by atoms with E-state index in [1.165, 1.54) is 10.9 Å². The minimum atomic E-state index is -3.78. The second-order valence-corrected chi connectivity index (χ2v) is 5.01. The number of ether oxygens (including phenoxy) is 1. The van der Waals surface area contributed by atoms with Crippen LogP contribution in [0.1, 0.15) is 0 Å². The standard InChI is InChI=1S/C8H13N3O5S/c1-11-5-6(3-9-11)17(14,15)10-4-7(12)8(13)16-2/h3,5,7,10,12H,4H2,1-2H3. The van der Waals surface area contributed by atoms with Crippen LogP contribution >= 0.6 is 0 Å². The fourth-order valence-corrected chi connectivity index (χ4v) is 2.05. The molecule has 0 aromatic carbocycles. The molecule has 2 N–H and O–H groups in total. The molecule has 0 fully saturated rings. The molecule has 8 nitrogen and oxygen atoms in total. The van der Waals surface area contributed by atoms with Crippen LogP contribution in [0.25, 0.3) is 0 Å². The zero-order valence-corrected chi connectivity index (χ0v) is 10.1. The lowest BCUT2D eigenvalue weighted by molar-refractivity contribution is -0.149. The van der Waals surface area contributed by atoms with Crippen LogP contribution in [-0.4, -0.2) is 49.0 Å². The third-order valence-electron chi connectivity index (χ3n) is 1.93. The number of rotatable bonds is 5. The van der Waals surface area contributed by atoms with Gasteiger partial charge in [-0.1, -0.05) is 0 Å². The first-order valence-corrected chi connectivity index (χ1v) is 6.09. The SMILES string of the molecule is COC(=O)C(O)CNS(=O)(=O)c1cnn(C)c1. The molecule has 0 amide bonds. The Morgan fingerprint density at radius 2 is 2.35 bits per heavy atom. The minimum absolute atomic E-state index is 0.0444. The molecule has 0 aliphatic heterocycles. The molecule has 1 rings (SSSR count). The number of carbonyl (C=O) groups is 1. The van der Waals surface area contributed by atoms with Gasteiger partial charge in [0.1, 0.15) is 4.90 Å². The average Bonchev–Trinajstić information content (AvgIpc) is 2.72. The van der Waals surface area contributed by atoms with Gasteiger partial charge in [-0.2, -0.15) is 5.10 Å². The molecule has 96 valence electrons. The third-order valence-corrected chi connectivity index (χ3v) is 3.31. The van der Waals surface area contributed by atoms with Crippen molar-refractivity contribution in [1.82, 2.24) is 14.5 Å². The summed E-state index contributed by atoms with van der Waals surface area (Å²) in [6.45, 7) is -0.454. The number of aliphatic hydroxyl groups is 1. The molecular weight excluding hydrogens is 250 g/mol. The molecule has 0 aliphatic rings. The molecule has 0 saturated carbocycles. The molecule has 1 aromatic rings. The van der Waals surface area contributed by atoms with Gasteiger partial charge in [0, 0.05) is 19.8 Å². The summed E-state index contributed by atoms with van der Waals surface area (Å²) in [5.41, 5.74) is 0. The van der Waals surface area contributed by atoms with E-state index in [0.717, 1.165) is 13.3 Å². The lowest BCUT2D eigenvalue weighted by atomic mass is 10.4. The van der Waals surface area contributed by atoms with Crippen LogP contribution in [0.4, 0.5) is 0 Å². The van der Waals surface area contributed by atoms with E-state index in [2.05, 4.69) is 14.6 Å². The number of hydrogen-bond donors (Lipinski definition) is 2. The van der Waals surface area contributed by atoms with Crippen molar-refractivity contribution in [3.05, 3.63) is 12.4 Å². The van der Waals surface area contributed by atoms with E-state index in [9.17, 15) is 18.3 Å². The summed E-state index contributed by atoms with van der Waals surface area (Å²) in [5, 5.41) is 12.9. The van der Waals surface area contributed by atoms with Gasteiger partial charge in [-0.3, -0.25) is 4.68 Å². The fourth-order valence-electron chi connectivity index (χ4n) is 1.03. The van der Waals surface area contributed by atoms with Crippen LogP contribution in [-0.2, 0) is 26.6 Å². The summed E-state index contributed by atoms with van der Waals surface area (Å²) in [6, 6.07) is 0. The highest BCUT2D eigenvalue weighted by Gasteiger charge is 2.21. The maximum Gasteiger partial charge on any atom is 0.336 e. The Bertz CT molecular complexity index is 495. The Labute approximate surface area is 98.2 Å². The molecule has 0 bridgehead atoms. The lowest BCUT2D eigenvalue weighted by Crippen LogP contribution is -2.37. The van der Waals surface area contributed by atoms with Gasteiger partial charge in [0.25, 0.3) is 0 Å². The van der Waals surface area contributed by atoms with Gasteiger partial charge in [0.05, 0.1) is 13.3 Å². The highest BCUT2D eigenvalue weighted by Crippen LogP contribution is 2.05. The maximum atomic E-state index is 11.6. The topological polar surface area (TPSA) is 111 Å². The summed E-state index contributed by atoms with van der Waals surface area (Å²) < 4.78 is 30.9. The van der Waals surface area contributed by atoms with E-state index >= 15 is 0 Å². The maximum absolute atomic E-state index is 11.6. The smallest absolute Gasteiger partial charge is 0.336 e. The van der Waals surface area contributed by atoms with E-state index < -0.39 is 28.6 Å². The van der Waals surface area contributed by atoms with Crippen LogP contribution in [0.15, 0.2) is 17.3 Å². The Morgan fingerprint density at radius 3 is 2.82 bits per heavy atom. The fraction of sp³-hybridized carbons (Fsp3) is 0.500. The summed E-state index contributed by atoms with van der Waals surface area (Å²) in [7, 11) is -1.11. The van der Waals surface area contributed by atoms with Crippen molar-refractivity contribution in [2.45, 2.75) is 11.0 Å². The molecule has 0 aliphatic carbocycles. The zero-order valence-electron chi connectivity index (χ0n) is 9.32. The number of nitrogens with zero attached hydrogens (tertiary/aromatic N) is 2. The number of esters is 1. The predicted molar refractivity (Wildman–Crippen MR) is 56.4 cm³/mol. The molecular formula is C8H13N3O5S. The first kappa shape index (κ1) is 13.6. The van der Waals surface area contributed by atoms with E-state index in [4.69, 9.17) is 0 Å². The van der Waals surface area contributed by atoms with Crippen molar-refractivity contribution < 1.29 is 23.1 Å². The Kier molecular flexibility index (Phi) is 4.21. The largest absolute Gasteiger partial charge is 0.467 e. The normalized spacial score (nSPS) is 13.4. The third kappa shape index (κ3) is 3.51. The number of hydrogen-bond acceptors (Lipinski definition) is 6. The molecule has 1 aromatic heterocycles. The molecule has 0 saturated heterocycles. The van der Waals surface area contributed by atoms with E-state index in [1.54, 1.807) is 7.05 Å². The number of methoxy groups -OCH3 is 1. The van der Waals surface area contributed by atoms with Gasteiger partial charge < -0.3 is 9.84 Å². The van der Waals surface area contributed by atoms with Gasteiger partial charge in [-0.15, -0.1) is 0 Å². The Hall–Kier alpha value is -1.45. The van der Waals surface area contributed by atoms with Gasteiger partial charge in [-0.25, -0.2) is 17.9 Å². The number of aliphatic hydroxyl groups excluding tert-OH is 1. The van der Waals surface area contributed by atoms with Crippen molar-refractivity contribution in [3.8, 4) is 0 Å². The number of carbonyl (C=O) groups excluding carboxylic acids is 1. The van der Waals surface area contributed by atoms with E-state index in [-0.39, 0.29) is 4.90 Å². The lowest BCUT2D eigenvalue weighted by Gasteiger charge is -2.09. The van der Waals surface area contributed by atoms with E-state index in [1.807, 2.05) is 0 Å². The van der Waals surface area contributed by atoms with Crippen molar-refractivity contribution in [2.75, 3.05) is 13.7 Å². The molecule has 9 heteroatoms. The van der Waals surface area contributed by atoms with Crippen molar-refractivity contribution in [1.29, 1.82) is 0 Å². The first-order valence-electron chi connectivity index (χ1n) is 4.61. The van der Waals surface area contributed by atoms with Crippen LogP contribution in [0, 0.1) is 0 Å². The van der Waals surface area contributed by atoms with Gasteiger partial charge >= 0.3 is 5.97 Å². The Balaban J connectivity index is 2.66. The number of aryl methyl sites for hydroxylation is 1. The summed E-state index contributed by atoms with van der Waals surface area (Å²) in [6.07, 6.45) is 0.922. The molecule has 1 unspecified atom stereocenters. The van der Waals surface area contributed by atoms with Gasteiger partial charge in [0.2, 0.25) is 10.0 Å². The second-order valence-electron chi connectivity index (χ2n) is 3.24. The van der Waals surface area contributed by atoms with Crippen LogP contribution < -0.4 is 4.72 Å². The number of nitrogens with one attached hydrogen (secondary N) is 1. The Morgan fingerprint density at radius 1 is 1.71 bits per heavy atom. The van der Waals surface area contributed by atoms with Gasteiger partial charge in [0.15, 0.2) is 6.10 Å². The van der Waals surface area contributed by atoms with E-state index in [0.29, 0.717) is 0 Å². The minimum Gasteiger partial charge on any atom is -0.467 e. The molecule has 1 atom stereocenters. The van der Waals surface area contributed by atoms with Gasteiger partial charge in [-0.05, 0) is 0 Å². The predicted octanol–water partition coefficient (Wildman–Crippen LogP) is -1.77. The molecule has 0 spiro atoms. The quantitative estimate of drug-likeness (QED) is 0.608. The average molecular weight is 263 g/mol.